The highest BCUT2D eigenvalue weighted by molar-refractivity contribution is 5.83. The van der Waals surface area contributed by atoms with E-state index in [1.807, 2.05) is 54.6 Å². The summed E-state index contributed by atoms with van der Waals surface area (Å²) in [6.45, 7) is 2.29. The van der Waals surface area contributed by atoms with Crippen LogP contribution in [-0.2, 0) is 11.3 Å². The molecule has 3 aromatic carbocycles. The third kappa shape index (κ3) is 6.49. The quantitative estimate of drug-likeness (QED) is 0.298. The van der Waals surface area contributed by atoms with Crippen molar-refractivity contribution < 1.29 is 14.5 Å². The fraction of sp³-hybridized carbons (Fsp3) is 0.231. The van der Waals surface area contributed by atoms with Crippen molar-refractivity contribution >= 4 is 17.8 Å². The Labute approximate surface area is 198 Å². The van der Waals surface area contributed by atoms with Crippen LogP contribution >= 0.6 is 0 Å². The number of nitrogens with zero attached hydrogens (tertiary/aromatic N) is 3. The first kappa shape index (κ1) is 23.1. The number of para-hydroxylation sites is 1. The second kappa shape index (κ2) is 11.2. The van der Waals surface area contributed by atoms with Gasteiger partial charge in [0, 0.05) is 24.6 Å². The number of piperidine rings is 1. The fourth-order valence-corrected chi connectivity index (χ4v) is 3.88. The number of nitro benzene ring substituents is 1. The zero-order valence-corrected chi connectivity index (χ0v) is 18.7. The summed E-state index contributed by atoms with van der Waals surface area (Å²) in [6.07, 6.45) is 3.10. The highest BCUT2D eigenvalue weighted by Crippen LogP contribution is 2.22. The predicted octanol–water partition coefficient (Wildman–Crippen LogP) is 4.75. The average molecular weight is 459 g/mol. The SMILES string of the molecule is O=C(N/N=C/c1cccc(Oc2ccccc2)c1)C1CCN(Cc2ccc([N+](=O)[O-])cc2)CC1. The van der Waals surface area contributed by atoms with Gasteiger partial charge in [-0.2, -0.15) is 5.10 Å². The highest BCUT2D eigenvalue weighted by Gasteiger charge is 2.24. The Hall–Kier alpha value is -4.04. The van der Waals surface area contributed by atoms with E-state index in [9.17, 15) is 14.9 Å². The number of carbonyl (C=O) groups excluding carboxylic acids is 1. The summed E-state index contributed by atoms with van der Waals surface area (Å²) in [5, 5.41) is 14.9. The Morgan fingerprint density at radius 3 is 2.44 bits per heavy atom. The lowest BCUT2D eigenvalue weighted by Gasteiger charge is -2.30. The van der Waals surface area contributed by atoms with Crippen LogP contribution in [-0.4, -0.2) is 35.0 Å². The van der Waals surface area contributed by atoms with Gasteiger partial charge < -0.3 is 4.74 Å². The smallest absolute Gasteiger partial charge is 0.269 e. The second-order valence-corrected chi connectivity index (χ2v) is 8.20. The molecule has 4 rings (SSSR count). The van der Waals surface area contributed by atoms with Gasteiger partial charge in [-0.1, -0.05) is 42.5 Å². The Balaban J connectivity index is 1.23. The molecular formula is C26H26N4O4. The van der Waals surface area contributed by atoms with E-state index in [4.69, 9.17) is 4.74 Å². The lowest BCUT2D eigenvalue weighted by Crippen LogP contribution is -2.39. The molecule has 3 aromatic rings. The first-order chi connectivity index (χ1) is 16.6. The molecule has 0 saturated carbocycles. The molecule has 1 heterocycles. The molecule has 174 valence electrons. The van der Waals surface area contributed by atoms with Crippen LogP contribution in [0.1, 0.15) is 24.0 Å². The zero-order chi connectivity index (χ0) is 23.8. The van der Waals surface area contributed by atoms with Gasteiger partial charge in [0.05, 0.1) is 11.1 Å². The molecule has 0 atom stereocenters. The molecule has 0 radical (unpaired) electrons. The summed E-state index contributed by atoms with van der Waals surface area (Å²) >= 11 is 0. The van der Waals surface area contributed by atoms with Crippen LogP contribution in [0.4, 0.5) is 5.69 Å². The fourth-order valence-electron chi connectivity index (χ4n) is 3.88. The summed E-state index contributed by atoms with van der Waals surface area (Å²) < 4.78 is 5.83. The molecule has 1 aliphatic rings. The summed E-state index contributed by atoms with van der Waals surface area (Å²) in [5.41, 5.74) is 4.60. The van der Waals surface area contributed by atoms with Crippen molar-refractivity contribution in [1.29, 1.82) is 0 Å². The third-order valence-corrected chi connectivity index (χ3v) is 5.74. The van der Waals surface area contributed by atoms with Crippen molar-refractivity contribution in [3.8, 4) is 11.5 Å². The van der Waals surface area contributed by atoms with Crippen LogP contribution in [0.2, 0.25) is 0 Å². The molecule has 1 fully saturated rings. The molecule has 0 unspecified atom stereocenters. The van der Waals surface area contributed by atoms with Crippen molar-refractivity contribution in [2.75, 3.05) is 13.1 Å². The average Bonchev–Trinajstić information content (AvgIpc) is 2.86. The lowest BCUT2D eigenvalue weighted by atomic mass is 9.96. The normalized spacial score (nSPS) is 14.7. The monoisotopic (exact) mass is 458 g/mol. The largest absolute Gasteiger partial charge is 0.457 e. The zero-order valence-electron chi connectivity index (χ0n) is 18.7. The predicted molar refractivity (Wildman–Crippen MR) is 130 cm³/mol. The van der Waals surface area contributed by atoms with E-state index in [1.165, 1.54) is 12.1 Å². The van der Waals surface area contributed by atoms with Gasteiger partial charge in [-0.3, -0.25) is 19.8 Å². The molecule has 1 amide bonds. The van der Waals surface area contributed by atoms with E-state index in [1.54, 1.807) is 18.3 Å². The molecule has 1 aliphatic heterocycles. The number of rotatable bonds is 8. The summed E-state index contributed by atoms with van der Waals surface area (Å²) in [4.78, 5) is 25.2. The number of amides is 1. The standard InChI is InChI=1S/C26H26N4O4/c31-26(22-13-15-29(16-14-22)19-20-9-11-23(12-10-20)30(32)33)28-27-18-21-5-4-8-25(17-21)34-24-6-2-1-3-7-24/h1-12,17-18,22H,13-16,19H2,(H,28,31)/b27-18+. The van der Waals surface area contributed by atoms with E-state index in [2.05, 4.69) is 15.4 Å². The number of benzene rings is 3. The van der Waals surface area contributed by atoms with Crippen LogP contribution in [0.25, 0.3) is 0 Å². The number of hydrazone groups is 1. The van der Waals surface area contributed by atoms with Crippen LogP contribution in [0, 0.1) is 16.0 Å². The van der Waals surface area contributed by atoms with Crippen molar-refractivity contribution in [2.45, 2.75) is 19.4 Å². The van der Waals surface area contributed by atoms with Gasteiger partial charge in [-0.15, -0.1) is 0 Å². The van der Waals surface area contributed by atoms with E-state index in [0.29, 0.717) is 12.3 Å². The van der Waals surface area contributed by atoms with E-state index < -0.39 is 4.92 Å². The Morgan fingerprint density at radius 1 is 1.03 bits per heavy atom. The van der Waals surface area contributed by atoms with Gasteiger partial charge >= 0.3 is 0 Å². The second-order valence-electron chi connectivity index (χ2n) is 8.20. The van der Waals surface area contributed by atoms with Crippen molar-refractivity contribution in [3.63, 3.8) is 0 Å². The lowest BCUT2D eigenvalue weighted by molar-refractivity contribution is -0.384. The van der Waals surface area contributed by atoms with Crippen LogP contribution in [0.3, 0.4) is 0 Å². The van der Waals surface area contributed by atoms with Crippen molar-refractivity contribution in [3.05, 3.63) is 100 Å². The van der Waals surface area contributed by atoms with Crippen molar-refractivity contribution in [1.82, 2.24) is 10.3 Å². The number of hydrogen-bond acceptors (Lipinski definition) is 6. The van der Waals surface area contributed by atoms with Gasteiger partial charge in [0.2, 0.25) is 5.91 Å². The van der Waals surface area contributed by atoms with Crippen LogP contribution < -0.4 is 10.2 Å². The maximum Gasteiger partial charge on any atom is 0.269 e. The molecular weight excluding hydrogens is 432 g/mol. The molecule has 0 aromatic heterocycles. The minimum atomic E-state index is -0.397. The number of nitrogens with one attached hydrogen (secondary N) is 1. The molecule has 8 nitrogen and oxygen atoms in total. The number of non-ortho nitro benzene ring substituents is 1. The van der Waals surface area contributed by atoms with E-state index in [-0.39, 0.29) is 17.5 Å². The molecule has 1 saturated heterocycles. The van der Waals surface area contributed by atoms with E-state index >= 15 is 0 Å². The Bertz CT molecular complexity index is 1140. The minimum absolute atomic E-state index is 0.0806. The summed E-state index contributed by atoms with van der Waals surface area (Å²) in [7, 11) is 0. The Morgan fingerprint density at radius 2 is 1.74 bits per heavy atom. The number of carbonyl (C=O) groups is 1. The first-order valence-corrected chi connectivity index (χ1v) is 11.2. The highest BCUT2D eigenvalue weighted by atomic mass is 16.6. The van der Waals surface area contributed by atoms with Crippen molar-refractivity contribution in [2.24, 2.45) is 11.0 Å². The summed E-state index contributed by atoms with van der Waals surface area (Å²) in [5.74, 6) is 1.28. The van der Waals surface area contributed by atoms with Gasteiger partial charge in [0.1, 0.15) is 11.5 Å². The van der Waals surface area contributed by atoms with Gasteiger partial charge in [0.15, 0.2) is 0 Å². The molecule has 0 spiro atoms. The number of likely N-dealkylation sites (tertiary alicyclic amines) is 1. The van der Waals surface area contributed by atoms with Gasteiger partial charge in [-0.05, 0) is 61.3 Å². The minimum Gasteiger partial charge on any atom is -0.457 e. The topological polar surface area (TPSA) is 97.1 Å². The molecule has 0 aliphatic carbocycles. The van der Waals surface area contributed by atoms with Crippen LogP contribution in [0.5, 0.6) is 11.5 Å². The number of hydrogen-bond donors (Lipinski definition) is 1. The third-order valence-electron chi connectivity index (χ3n) is 5.74. The first-order valence-electron chi connectivity index (χ1n) is 11.2. The van der Waals surface area contributed by atoms with Crippen LogP contribution in [0.15, 0.2) is 84.0 Å². The summed E-state index contributed by atoms with van der Waals surface area (Å²) in [6, 6.07) is 23.6. The number of ether oxygens (including phenoxy) is 1. The molecule has 0 bridgehead atoms. The molecule has 34 heavy (non-hydrogen) atoms. The van der Waals surface area contributed by atoms with E-state index in [0.717, 1.165) is 42.8 Å². The number of nitro groups is 1. The maximum atomic E-state index is 12.5. The van der Waals surface area contributed by atoms with Gasteiger partial charge in [-0.25, -0.2) is 5.43 Å². The Kier molecular flexibility index (Phi) is 7.62. The maximum absolute atomic E-state index is 12.5. The molecule has 1 N–H and O–H groups in total. The molecule has 8 heteroatoms. The van der Waals surface area contributed by atoms with Gasteiger partial charge in [0.25, 0.3) is 5.69 Å².